The second-order valence-electron chi connectivity index (χ2n) is 17.6. The topological polar surface area (TPSA) is 130 Å². The van der Waals surface area contributed by atoms with Crippen LogP contribution < -0.4 is 10.1 Å². The van der Waals surface area contributed by atoms with Crippen molar-refractivity contribution in [3.8, 4) is 5.75 Å². The lowest BCUT2D eigenvalue weighted by molar-refractivity contribution is -0.199. The molecule has 2 aliphatic heterocycles. The number of carbonyl (C=O) groups excluding carboxylic acids is 3. The Labute approximate surface area is 302 Å². The Morgan fingerprint density at radius 1 is 1.06 bits per heavy atom. The molecule has 13 heteroatoms. The summed E-state index contributed by atoms with van der Waals surface area (Å²) in [5.41, 5.74) is 1.27. The van der Waals surface area contributed by atoms with Crippen LogP contribution in [0.25, 0.3) is 0 Å². The number of likely N-dealkylation sites (N-methyl/N-ethyl adjacent to an activating group) is 1. The molecule has 0 radical (unpaired) electrons. The van der Waals surface area contributed by atoms with Crippen LogP contribution in [0.5, 0.6) is 5.75 Å². The zero-order valence-electron chi connectivity index (χ0n) is 32.1. The van der Waals surface area contributed by atoms with Gasteiger partial charge in [0.05, 0.1) is 30.5 Å². The van der Waals surface area contributed by atoms with Crippen molar-refractivity contribution in [3.05, 3.63) is 47.0 Å². The SMILES string of the molecule is CNC(C(=O)N1CC(Oc2ccc(CCB3O[C@@H]4C[C@@H]5C[C@@H](C5(C)C)[C@]4(C)O3)c(C)c2C(=O)OC(C)(C)C)C1)c1cn(C(=O)OC(C)(C)C)cn1. The molecule has 1 amide bonds. The van der Waals surface area contributed by atoms with E-state index in [1.165, 1.54) is 23.5 Å². The first-order valence-electron chi connectivity index (χ1n) is 18.3. The number of rotatable bonds is 9. The van der Waals surface area contributed by atoms with Gasteiger partial charge in [0.1, 0.15) is 41.0 Å². The molecule has 12 nitrogen and oxygen atoms in total. The largest absolute Gasteiger partial charge is 0.486 e. The maximum absolute atomic E-state index is 13.6. The van der Waals surface area contributed by atoms with E-state index in [1.807, 2.05) is 39.8 Å². The first-order chi connectivity index (χ1) is 23.7. The van der Waals surface area contributed by atoms with Crippen LogP contribution in [0.1, 0.15) is 108 Å². The number of amides is 1. The summed E-state index contributed by atoms with van der Waals surface area (Å²) < 4.78 is 32.0. The van der Waals surface area contributed by atoms with Gasteiger partial charge in [-0.05, 0) is 122 Å². The monoisotopic (exact) mass is 706 g/mol. The molecule has 7 rings (SSSR count). The fourth-order valence-electron chi connectivity index (χ4n) is 8.38. The van der Waals surface area contributed by atoms with Crippen LogP contribution in [0.4, 0.5) is 4.79 Å². The van der Waals surface area contributed by atoms with Crippen LogP contribution in [0, 0.1) is 24.2 Å². The highest BCUT2D eigenvalue weighted by atomic mass is 16.7. The predicted octanol–water partition coefficient (Wildman–Crippen LogP) is 5.75. The highest BCUT2D eigenvalue weighted by Crippen LogP contribution is 2.65. The molecule has 3 heterocycles. The first kappa shape index (κ1) is 37.3. The summed E-state index contributed by atoms with van der Waals surface area (Å²) >= 11 is 0. The Morgan fingerprint density at radius 2 is 1.75 bits per heavy atom. The minimum atomic E-state index is -0.759. The van der Waals surface area contributed by atoms with Crippen LogP contribution in [0.2, 0.25) is 6.32 Å². The lowest BCUT2D eigenvalue weighted by Crippen LogP contribution is -2.65. The number of hydrogen-bond donors (Lipinski definition) is 1. The molecule has 278 valence electrons. The molecule has 3 aliphatic carbocycles. The van der Waals surface area contributed by atoms with Crippen molar-refractivity contribution in [1.29, 1.82) is 0 Å². The number of likely N-dealkylation sites (tertiary alicyclic amines) is 1. The Morgan fingerprint density at radius 3 is 2.37 bits per heavy atom. The summed E-state index contributed by atoms with van der Waals surface area (Å²) in [6.07, 6.45) is 5.68. The maximum atomic E-state index is 13.6. The van der Waals surface area contributed by atoms with Gasteiger partial charge in [0.15, 0.2) is 0 Å². The third-order valence-corrected chi connectivity index (χ3v) is 11.3. The number of esters is 1. The van der Waals surface area contributed by atoms with Crippen LogP contribution in [0.3, 0.4) is 0 Å². The molecule has 5 fully saturated rings. The lowest BCUT2D eigenvalue weighted by Gasteiger charge is -2.64. The molecular formula is C38H55BN4O8. The molecule has 2 aromatic rings. The molecule has 2 saturated heterocycles. The third kappa shape index (κ3) is 7.31. The summed E-state index contributed by atoms with van der Waals surface area (Å²) in [4.78, 5) is 45.5. The Hall–Kier alpha value is -3.42. The second-order valence-corrected chi connectivity index (χ2v) is 17.6. The van der Waals surface area contributed by atoms with Gasteiger partial charge in [-0.25, -0.2) is 19.1 Å². The van der Waals surface area contributed by atoms with Gasteiger partial charge in [0.2, 0.25) is 5.91 Å². The van der Waals surface area contributed by atoms with Gasteiger partial charge in [-0.15, -0.1) is 0 Å². The summed E-state index contributed by atoms with van der Waals surface area (Å²) in [5, 5.41) is 3.01. The average Bonchev–Trinajstić information content (AvgIpc) is 3.61. The van der Waals surface area contributed by atoms with Gasteiger partial charge in [-0.2, -0.15) is 0 Å². The smallest absolute Gasteiger partial charge is 0.457 e. The molecule has 1 aromatic heterocycles. The molecule has 1 unspecified atom stereocenters. The van der Waals surface area contributed by atoms with E-state index in [0.29, 0.717) is 54.7 Å². The number of hydrogen-bond acceptors (Lipinski definition) is 10. The van der Waals surface area contributed by atoms with E-state index in [9.17, 15) is 14.4 Å². The van der Waals surface area contributed by atoms with Gasteiger partial charge >= 0.3 is 19.2 Å². The van der Waals surface area contributed by atoms with Crippen molar-refractivity contribution < 1.29 is 37.9 Å². The second kappa shape index (κ2) is 13.2. The van der Waals surface area contributed by atoms with Gasteiger partial charge in [-0.1, -0.05) is 19.9 Å². The fourth-order valence-corrected chi connectivity index (χ4v) is 8.38. The van der Waals surface area contributed by atoms with Crippen molar-refractivity contribution in [2.45, 2.75) is 130 Å². The van der Waals surface area contributed by atoms with E-state index in [1.54, 1.807) is 32.7 Å². The van der Waals surface area contributed by atoms with E-state index in [2.05, 4.69) is 31.1 Å². The number of ether oxygens (including phenoxy) is 3. The van der Waals surface area contributed by atoms with Crippen LogP contribution in [-0.2, 0) is 30.0 Å². The lowest BCUT2D eigenvalue weighted by atomic mass is 9.43. The standard InChI is InChI=1S/C38H55BN4O8/c1-22-23(14-15-39-50-29-17-24-16-28(37(24,8)9)38(29,10)51-39)12-13-27(30(22)33(45)48-35(2,3)4)47-25-18-42(19-25)32(44)31(40-11)26-20-43(21-41-26)34(46)49-36(5,6)7/h12-13,20-21,24-25,28-29,31,40H,14-19H2,1-11H3/t24-,28-,29+,31?,38-/m0/s1. The zero-order chi connectivity index (χ0) is 37.3. The van der Waals surface area contributed by atoms with E-state index in [0.717, 1.165) is 17.5 Å². The molecule has 51 heavy (non-hydrogen) atoms. The van der Waals surface area contributed by atoms with Gasteiger partial charge in [0, 0.05) is 6.20 Å². The van der Waals surface area contributed by atoms with E-state index < -0.39 is 29.3 Å². The molecule has 1 aromatic carbocycles. The maximum Gasteiger partial charge on any atom is 0.457 e. The highest BCUT2D eigenvalue weighted by molar-refractivity contribution is 6.45. The molecule has 5 atom stereocenters. The number of carbonyl (C=O) groups is 3. The quantitative estimate of drug-likeness (QED) is 0.254. The molecule has 0 spiro atoms. The van der Waals surface area contributed by atoms with Crippen molar-refractivity contribution in [3.63, 3.8) is 0 Å². The minimum absolute atomic E-state index is 0.125. The summed E-state index contributed by atoms with van der Waals surface area (Å²) in [5.74, 6) is 0.971. The average molecular weight is 707 g/mol. The normalized spacial score (nSPS) is 26.1. The Balaban J connectivity index is 1.11. The molecule has 2 bridgehead atoms. The third-order valence-electron chi connectivity index (χ3n) is 11.3. The van der Waals surface area contributed by atoms with Crippen molar-refractivity contribution in [1.82, 2.24) is 19.8 Å². The number of aryl methyl sites for hydroxylation is 1. The number of aromatic nitrogens is 2. The van der Waals surface area contributed by atoms with Crippen molar-refractivity contribution in [2.75, 3.05) is 20.1 Å². The fraction of sp³-hybridized carbons (Fsp3) is 0.684. The van der Waals surface area contributed by atoms with Gasteiger partial charge in [0.25, 0.3) is 0 Å². The van der Waals surface area contributed by atoms with Crippen molar-refractivity contribution >= 4 is 25.1 Å². The number of nitrogens with zero attached hydrogens (tertiary/aromatic N) is 3. The molecule has 3 saturated carbocycles. The Kier molecular flexibility index (Phi) is 9.68. The highest BCUT2D eigenvalue weighted by Gasteiger charge is 2.67. The molecule has 5 aliphatic rings. The first-order valence-corrected chi connectivity index (χ1v) is 18.3. The summed E-state index contributed by atoms with van der Waals surface area (Å²) in [6, 6.07) is 3.08. The molecular weight excluding hydrogens is 651 g/mol. The van der Waals surface area contributed by atoms with Crippen LogP contribution in [-0.4, -0.2) is 88.7 Å². The molecule has 1 N–H and O–H groups in total. The van der Waals surface area contributed by atoms with E-state index in [-0.39, 0.29) is 36.2 Å². The van der Waals surface area contributed by atoms with Gasteiger partial charge in [-0.3, -0.25) is 4.79 Å². The Bertz CT molecular complexity index is 1670. The summed E-state index contributed by atoms with van der Waals surface area (Å²) in [6.45, 7) is 20.4. The van der Waals surface area contributed by atoms with Crippen molar-refractivity contribution in [2.24, 2.45) is 17.3 Å². The number of benzene rings is 1. The number of imidazole rings is 1. The van der Waals surface area contributed by atoms with E-state index >= 15 is 0 Å². The van der Waals surface area contributed by atoms with Crippen LogP contribution in [0.15, 0.2) is 24.7 Å². The number of nitrogens with one attached hydrogen (secondary N) is 1. The minimum Gasteiger partial charge on any atom is -0.486 e. The predicted molar refractivity (Wildman–Crippen MR) is 192 cm³/mol. The van der Waals surface area contributed by atoms with Gasteiger partial charge < -0.3 is 33.7 Å². The zero-order valence-corrected chi connectivity index (χ0v) is 32.1. The summed E-state index contributed by atoms with van der Waals surface area (Å²) in [7, 11) is 1.38. The van der Waals surface area contributed by atoms with Crippen LogP contribution >= 0.6 is 0 Å². The van der Waals surface area contributed by atoms with E-state index in [4.69, 9.17) is 23.5 Å².